The molecule has 0 saturated carbocycles. The van der Waals surface area contributed by atoms with E-state index in [9.17, 15) is 4.79 Å². The number of carbonyl (C=O) groups is 1. The van der Waals surface area contributed by atoms with E-state index >= 15 is 0 Å². The number of benzene rings is 1. The molecule has 3 heteroatoms. The zero-order chi connectivity index (χ0) is 9.68. The highest BCUT2D eigenvalue weighted by molar-refractivity contribution is 14.1. The molecule has 0 spiro atoms. The number of hydrogen-bond donors (Lipinski definition) is 1. The smallest absolute Gasteiger partial charge is 0.220 e. The zero-order valence-corrected chi connectivity index (χ0v) is 9.67. The van der Waals surface area contributed by atoms with E-state index in [4.69, 9.17) is 0 Å². The molecule has 1 N–H and O–H groups in total. The Kier molecular flexibility index (Phi) is 4.21. The van der Waals surface area contributed by atoms with Gasteiger partial charge in [0.05, 0.1) is 0 Å². The Labute approximate surface area is 91.9 Å². The van der Waals surface area contributed by atoms with Crippen molar-refractivity contribution < 1.29 is 4.79 Å². The highest BCUT2D eigenvalue weighted by atomic mass is 127. The number of halogens is 1. The minimum Gasteiger partial charge on any atom is -0.359 e. The Bertz CT molecular complexity index is 299. The first-order valence-electron chi connectivity index (χ1n) is 4.18. The number of nitrogens with one attached hydrogen (secondary N) is 1. The fourth-order valence-corrected chi connectivity index (χ4v) is 1.73. The first kappa shape index (κ1) is 10.5. The van der Waals surface area contributed by atoms with E-state index < -0.39 is 0 Å². The van der Waals surface area contributed by atoms with Crippen molar-refractivity contribution in [3.63, 3.8) is 0 Å². The monoisotopic (exact) mass is 289 g/mol. The van der Waals surface area contributed by atoms with Gasteiger partial charge in [0.15, 0.2) is 0 Å². The van der Waals surface area contributed by atoms with Gasteiger partial charge >= 0.3 is 0 Å². The number of carbonyl (C=O) groups excluding carboxylic acids is 1. The summed E-state index contributed by atoms with van der Waals surface area (Å²) in [6, 6.07) is 8.12. The Hall–Kier alpha value is -0.580. The highest BCUT2D eigenvalue weighted by Gasteiger charge is 2.01. The van der Waals surface area contributed by atoms with Gasteiger partial charge in [0.1, 0.15) is 0 Å². The summed E-state index contributed by atoms with van der Waals surface area (Å²) in [6.45, 7) is 0. The maximum Gasteiger partial charge on any atom is 0.220 e. The van der Waals surface area contributed by atoms with Gasteiger partial charge in [-0.1, -0.05) is 18.2 Å². The zero-order valence-electron chi connectivity index (χ0n) is 7.51. The van der Waals surface area contributed by atoms with Crippen molar-refractivity contribution in [1.29, 1.82) is 0 Å². The molecular weight excluding hydrogens is 277 g/mol. The van der Waals surface area contributed by atoms with Crippen LogP contribution in [-0.4, -0.2) is 13.0 Å². The summed E-state index contributed by atoms with van der Waals surface area (Å²) in [5, 5.41) is 2.61. The summed E-state index contributed by atoms with van der Waals surface area (Å²) < 4.78 is 1.23. The topological polar surface area (TPSA) is 29.1 Å². The summed E-state index contributed by atoms with van der Waals surface area (Å²) in [5.74, 6) is 0.0969. The molecule has 0 saturated heterocycles. The molecule has 1 aromatic rings. The second kappa shape index (κ2) is 5.21. The van der Waals surface area contributed by atoms with Gasteiger partial charge in [0.2, 0.25) is 5.91 Å². The Morgan fingerprint density at radius 2 is 2.15 bits per heavy atom. The molecule has 0 heterocycles. The Morgan fingerprint density at radius 1 is 1.46 bits per heavy atom. The molecule has 13 heavy (non-hydrogen) atoms. The van der Waals surface area contributed by atoms with Crippen LogP contribution in [0.4, 0.5) is 0 Å². The van der Waals surface area contributed by atoms with Crippen molar-refractivity contribution in [2.75, 3.05) is 7.05 Å². The molecule has 2 nitrogen and oxygen atoms in total. The number of hydrogen-bond acceptors (Lipinski definition) is 1. The summed E-state index contributed by atoms with van der Waals surface area (Å²) in [4.78, 5) is 11.0. The lowest BCUT2D eigenvalue weighted by atomic mass is 10.1. The minimum absolute atomic E-state index is 0.0969. The standard InChI is InChI=1S/C10H12INO/c1-12-10(13)7-6-8-4-2-3-5-9(8)11/h2-5H,6-7H2,1H3,(H,12,13). The molecule has 0 unspecified atom stereocenters. The van der Waals surface area contributed by atoms with Crippen LogP contribution in [0.5, 0.6) is 0 Å². The minimum atomic E-state index is 0.0969. The third-order valence-corrected chi connectivity index (χ3v) is 2.91. The van der Waals surface area contributed by atoms with Crippen LogP contribution >= 0.6 is 22.6 Å². The van der Waals surface area contributed by atoms with E-state index in [1.807, 2.05) is 12.1 Å². The Balaban J connectivity index is 2.54. The highest BCUT2D eigenvalue weighted by Crippen LogP contribution is 2.12. The number of amides is 1. The predicted octanol–water partition coefficient (Wildman–Crippen LogP) is 1.97. The van der Waals surface area contributed by atoms with E-state index in [1.165, 1.54) is 9.13 Å². The van der Waals surface area contributed by atoms with Crippen molar-refractivity contribution in [3.8, 4) is 0 Å². The lowest BCUT2D eigenvalue weighted by Gasteiger charge is -2.02. The largest absolute Gasteiger partial charge is 0.359 e. The lowest BCUT2D eigenvalue weighted by molar-refractivity contribution is -0.120. The van der Waals surface area contributed by atoms with Crippen molar-refractivity contribution in [1.82, 2.24) is 5.32 Å². The Morgan fingerprint density at radius 3 is 2.77 bits per heavy atom. The van der Waals surface area contributed by atoms with Gasteiger partial charge in [-0.05, 0) is 40.6 Å². The van der Waals surface area contributed by atoms with E-state index in [0.29, 0.717) is 6.42 Å². The first-order valence-corrected chi connectivity index (χ1v) is 5.26. The van der Waals surface area contributed by atoms with Gasteiger partial charge in [-0.2, -0.15) is 0 Å². The molecule has 0 radical (unpaired) electrons. The molecular formula is C10H12INO. The second-order valence-corrected chi connectivity index (χ2v) is 3.93. The molecule has 0 aliphatic rings. The van der Waals surface area contributed by atoms with Crippen molar-refractivity contribution in [2.45, 2.75) is 12.8 Å². The lowest BCUT2D eigenvalue weighted by Crippen LogP contribution is -2.18. The van der Waals surface area contributed by atoms with Gasteiger partial charge in [-0.3, -0.25) is 4.79 Å². The van der Waals surface area contributed by atoms with Crippen LogP contribution in [-0.2, 0) is 11.2 Å². The van der Waals surface area contributed by atoms with Gasteiger partial charge < -0.3 is 5.32 Å². The SMILES string of the molecule is CNC(=O)CCc1ccccc1I. The third kappa shape index (κ3) is 3.34. The molecule has 1 aromatic carbocycles. The van der Waals surface area contributed by atoms with Crippen molar-refractivity contribution in [2.24, 2.45) is 0 Å². The molecule has 70 valence electrons. The normalized spacial score (nSPS) is 9.69. The molecule has 0 aliphatic heterocycles. The molecule has 1 rings (SSSR count). The molecule has 1 amide bonds. The average Bonchev–Trinajstić information content (AvgIpc) is 2.16. The number of rotatable bonds is 3. The van der Waals surface area contributed by atoms with E-state index in [1.54, 1.807) is 7.05 Å². The summed E-state index contributed by atoms with van der Waals surface area (Å²) >= 11 is 2.29. The molecule has 0 fully saturated rings. The predicted molar refractivity (Wildman–Crippen MR) is 61.5 cm³/mol. The van der Waals surface area contributed by atoms with E-state index in [-0.39, 0.29) is 5.91 Å². The van der Waals surface area contributed by atoms with Crippen LogP contribution in [0, 0.1) is 3.57 Å². The average molecular weight is 289 g/mol. The van der Waals surface area contributed by atoms with Gasteiger partial charge in [-0.25, -0.2) is 0 Å². The van der Waals surface area contributed by atoms with Crippen LogP contribution < -0.4 is 5.32 Å². The summed E-state index contributed by atoms with van der Waals surface area (Å²) in [7, 11) is 1.66. The molecule has 0 bridgehead atoms. The number of aryl methyl sites for hydroxylation is 1. The van der Waals surface area contributed by atoms with Gasteiger partial charge in [0, 0.05) is 17.0 Å². The fraction of sp³-hybridized carbons (Fsp3) is 0.300. The molecule has 0 aliphatic carbocycles. The van der Waals surface area contributed by atoms with Crippen molar-refractivity contribution >= 4 is 28.5 Å². The van der Waals surface area contributed by atoms with Crippen LogP contribution in [0.2, 0.25) is 0 Å². The van der Waals surface area contributed by atoms with Crippen LogP contribution in [0.1, 0.15) is 12.0 Å². The van der Waals surface area contributed by atoms with E-state index in [2.05, 4.69) is 40.0 Å². The molecule has 0 aromatic heterocycles. The van der Waals surface area contributed by atoms with Crippen LogP contribution in [0.15, 0.2) is 24.3 Å². The maximum absolute atomic E-state index is 11.0. The van der Waals surface area contributed by atoms with Crippen molar-refractivity contribution in [3.05, 3.63) is 33.4 Å². The van der Waals surface area contributed by atoms with Gasteiger partial charge in [0.25, 0.3) is 0 Å². The first-order chi connectivity index (χ1) is 6.24. The van der Waals surface area contributed by atoms with Crippen LogP contribution in [0.3, 0.4) is 0 Å². The van der Waals surface area contributed by atoms with E-state index in [0.717, 1.165) is 6.42 Å². The maximum atomic E-state index is 11.0. The summed E-state index contributed by atoms with van der Waals surface area (Å²) in [5.41, 5.74) is 1.24. The van der Waals surface area contributed by atoms with Gasteiger partial charge in [-0.15, -0.1) is 0 Å². The fourth-order valence-electron chi connectivity index (χ4n) is 1.07. The quantitative estimate of drug-likeness (QED) is 0.847. The second-order valence-electron chi connectivity index (χ2n) is 2.76. The van der Waals surface area contributed by atoms with Crippen LogP contribution in [0.25, 0.3) is 0 Å². The molecule has 0 atom stereocenters. The summed E-state index contributed by atoms with van der Waals surface area (Å²) in [6.07, 6.45) is 1.38. The third-order valence-electron chi connectivity index (χ3n) is 1.86.